The molecule has 94 valence electrons. The first-order valence-electron chi connectivity index (χ1n) is 7.18. The third-order valence-corrected chi connectivity index (χ3v) is 4.75. The normalized spacial score (nSPS) is 32.4. The van der Waals surface area contributed by atoms with Crippen molar-refractivity contribution in [3.63, 3.8) is 0 Å². The predicted octanol–water partition coefficient (Wildman–Crippen LogP) is 2.64. The molecule has 16 heavy (non-hydrogen) atoms. The van der Waals surface area contributed by atoms with Gasteiger partial charge in [0.2, 0.25) is 0 Å². The minimum absolute atomic E-state index is 0.769. The van der Waals surface area contributed by atoms with Crippen LogP contribution < -0.4 is 5.32 Å². The van der Waals surface area contributed by atoms with Crippen LogP contribution in [0.5, 0.6) is 0 Å². The van der Waals surface area contributed by atoms with Gasteiger partial charge in [0.25, 0.3) is 0 Å². The summed E-state index contributed by atoms with van der Waals surface area (Å²) in [6, 6.07) is 1.67. The fourth-order valence-corrected chi connectivity index (χ4v) is 3.33. The molecular formula is C14H28N2. The van der Waals surface area contributed by atoms with Crippen molar-refractivity contribution < 1.29 is 0 Å². The van der Waals surface area contributed by atoms with E-state index in [0.29, 0.717) is 0 Å². The molecule has 0 radical (unpaired) electrons. The van der Waals surface area contributed by atoms with Crippen LogP contribution >= 0.6 is 0 Å². The van der Waals surface area contributed by atoms with Crippen molar-refractivity contribution in [1.82, 2.24) is 10.2 Å². The van der Waals surface area contributed by atoms with Crippen LogP contribution in [0.4, 0.5) is 0 Å². The highest BCUT2D eigenvalue weighted by Crippen LogP contribution is 2.28. The quantitative estimate of drug-likeness (QED) is 0.739. The highest BCUT2D eigenvalue weighted by atomic mass is 15.1. The van der Waals surface area contributed by atoms with Gasteiger partial charge in [-0.3, -0.25) is 0 Å². The van der Waals surface area contributed by atoms with Crippen molar-refractivity contribution in [1.29, 1.82) is 0 Å². The van der Waals surface area contributed by atoms with Gasteiger partial charge < -0.3 is 10.2 Å². The Morgan fingerprint density at radius 3 is 2.38 bits per heavy atom. The maximum Gasteiger partial charge on any atom is 0.0104 e. The van der Waals surface area contributed by atoms with Gasteiger partial charge in [0, 0.05) is 18.6 Å². The highest BCUT2D eigenvalue weighted by molar-refractivity contribution is 4.84. The van der Waals surface area contributed by atoms with E-state index in [1.54, 1.807) is 0 Å². The van der Waals surface area contributed by atoms with Gasteiger partial charge in [0.15, 0.2) is 0 Å². The molecule has 1 N–H and O–H groups in total. The van der Waals surface area contributed by atoms with Crippen molar-refractivity contribution in [3.05, 3.63) is 0 Å². The van der Waals surface area contributed by atoms with E-state index in [9.17, 15) is 0 Å². The first-order valence-corrected chi connectivity index (χ1v) is 7.18. The Labute approximate surface area is 101 Å². The molecule has 2 atom stereocenters. The number of hydrogen-bond acceptors (Lipinski definition) is 2. The van der Waals surface area contributed by atoms with E-state index in [1.807, 2.05) is 0 Å². The fourth-order valence-electron chi connectivity index (χ4n) is 3.33. The number of nitrogens with one attached hydrogen (secondary N) is 1. The second-order valence-corrected chi connectivity index (χ2v) is 5.82. The van der Waals surface area contributed by atoms with E-state index in [2.05, 4.69) is 24.3 Å². The van der Waals surface area contributed by atoms with Crippen LogP contribution in [0.2, 0.25) is 0 Å². The first kappa shape index (κ1) is 12.4. The molecule has 0 heterocycles. The zero-order valence-electron chi connectivity index (χ0n) is 11.0. The lowest BCUT2D eigenvalue weighted by molar-refractivity contribution is 0.124. The number of rotatable bonds is 4. The Morgan fingerprint density at radius 2 is 1.75 bits per heavy atom. The molecule has 0 saturated heterocycles. The third kappa shape index (κ3) is 2.98. The van der Waals surface area contributed by atoms with Crippen molar-refractivity contribution in [2.24, 2.45) is 5.92 Å². The van der Waals surface area contributed by atoms with Crippen LogP contribution in [0.25, 0.3) is 0 Å². The van der Waals surface area contributed by atoms with Gasteiger partial charge in [0.1, 0.15) is 0 Å². The van der Waals surface area contributed by atoms with Crippen LogP contribution in [0, 0.1) is 5.92 Å². The topological polar surface area (TPSA) is 15.3 Å². The molecule has 0 aliphatic heterocycles. The minimum atomic E-state index is 0.769. The Kier molecular flexibility index (Phi) is 4.66. The maximum atomic E-state index is 3.55. The van der Waals surface area contributed by atoms with E-state index in [4.69, 9.17) is 0 Å². The standard InChI is InChI=1S/C14H28N2/c1-15-14-10-5-3-4-7-12(14)11-16(2)13-8-6-9-13/h12-15H,3-11H2,1-2H3. The Bertz CT molecular complexity index is 201. The summed E-state index contributed by atoms with van der Waals surface area (Å²) in [7, 11) is 4.48. The van der Waals surface area contributed by atoms with Gasteiger partial charge in [-0.05, 0) is 45.7 Å². The van der Waals surface area contributed by atoms with Crippen LogP contribution in [0.3, 0.4) is 0 Å². The van der Waals surface area contributed by atoms with Gasteiger partial charge >= 0.3 is 0 Å². The first-order chi connectivity index (χ1) is 7.81. The second kappa shape index (κ2) is 6.02. The molecule has 0 spiro atoms. The van der Waals surface area contributed by atoms with Crippen LogP contribution in [-0.2, 0) is 0 Å². The summed E-state index contributed by atoms with van der Waals surface area (Å²) in [5, 5.41) is 3.55. The summed E-state index contributed by atoms with van der Waals surface area (Å²) in [5.74, 6) is 0.887. The van der Waals surface area contributed by atoms with Crippen LogP contribution in [0.1, 0.15) is 51.4 Å². The van der Waals surface area contributed by atoms with Gasteiger partial charge in [-0.2, -0.15) is 0 Å². The molecule has 0 aromatic heterocycles. The highest BCUT2D eigenvalue weighted by Gasteiger charge is 2.28. The lowest BCUT2D eigenvalue weighted by Gasteiger charge is -2.38. The smallest absolute Gasteiger partial charge is 0.0104 e. The molecule has 2 aliphatic carbocycles. The maximum absolute atomic E-state index is 3.55. The molecule has 2 rings (SSSR count). The summed E-state index contributed by atoms with van der Waals surface area (Å²) in [5.41, 5.74) is 0. The van der Waals surface area contributed by atoms with Crippen molar-refractivity contribution in [2.45, 2.75) is 63.5 Å². The second-order valence-electron chi connectivity index (χ2n) is 5.82. The fraction of sp³-hybridized carbons (Fsp3) is 1.00. The average Bonchev–Trinajstić information content (AvgIpc) is 2.40. The molecule has 2 saturated carbocycles. The van der Waals surface area contributed by atoms with Gasteiger partial charge in [0.05, 0.1) is 0 Å². The van der Waals surface area contributed by atoms with E-state index >= 15 is 0 Å². The van der Waals surface area contributed by atoms with Crippen molar-refractivity contribution in [2.75, 3.05) is 20.6 Å². The third-order valence-electron chi connectivity index (χ3n) is 4.75. The minimum Gasteiger partial charge on any atom is -0.317 e. The largest absolute Gasteiger partial charge is 0.317 e. The Hall–Kier alpha value is -0.0800. The Balaban J connectivity index is 1.83. The van der Waals surface area contributed by atoms with E-state index in [1.165, 1.54) is 57.9 Å². The summed E-state index contributed by atoms with van der Waals surface area (Å²) < 4.78 is 0. The van der Waals surface area contributed by atoms with E-state index < -0.39 is 0 Å². The SMILES string of the molecule is CNC1CCCCCC1CN(C)C1CCC1. The molecule has 0 bridgehead atoms. The van der Waals surface area contributed by atoms with Crippen LogP contribution in [-0.4, -0.2) is 37.6 Å². The molecule has 0 amide bonds. The van der Waals surface area contributed by atoms with Crippen molar-refractivity contribution in [3.8, 4) is 0 Å². The lowest BCUT2D eigenvalue weighted by atomic mass is 9.89. The van der Waals surface area contributed by atoms with E-state index in [0.717, 1.165) is 18.0 Å². The predicted molar refractivity (Wildman–Crippen MR) is 69.7 cm³/mol. The number of hydrogen-bond donors (Lipinski definition) is 1. The molecule has 2 unspecified atom stereocenters. The Morgan fingerprint density at radius 1 is 1.00 bits per heavy atom. The number of nitrogens with zero attached hydrogens (tertiary/aromatic N) is 1. The molecule has 0 aromatic carbocycles. The summed E-state index contributed by atoms with van der Waals surface area (Å²) >= 11 is 0. The summed E-state index contributed by atoms with van der Waals surface area (Å²) in [4.78, 5) is 2.63. The zero-order chi connectivity index (χ0) is 11.4. The molecule has 2 aliphatic rings. The van der Waals surface area contributed by atoms with Gasteiger partial charge in [-0.25, -0.2) is 0 Å². The van der Waals surface area contributed by atoms with E-state index in [-0.39, 0.29) is 0 Å². The lowest BCUT2D eigenvalue weighted by Crippen LogP contribution is -2.44. The molecular weight excluding hydrogens is 196 g/mol. The van der Waals surface area contributed by atoms with Gasteiger partial charge in [-0.15, -0.1) is 0 Å². The molecule has 0 aromatic rings. The monoisotopic (exact) mass is 224 g/mol. The molecule has 2 nitrogen and oxygen atoms in total. The van der Waals surface area contributed by atoms with Crippen molar-refractivity contribution >= 4 is 0 Å². The van der Waals surface area contributed by atoms with Crippen LogP contribution in [0.15, 0.2) is 0 Å². The molecule has 2 fully saturated rings. The zero-order valence-corrected chi connectivity index (χ0v) is 11.0. The summed E-state index contributed by atoms with van der Waals surface area (Å²) in [6.45, 7) is 1.32. The molecule has 2 heteroatoms. The van der Waals surface area contributed by atoms with Gasteiger partial charge in [-0.1, -0.05) is 25.7 Å². The summed E-state index contributed by atoms with van der Waals surface area (Å²) in [6.07, 6.45) is 11.5. The average molecular weight is 224 g/mol.